The summed E-state index contributed by atoms with van der Waals surface area (Å²) in [6.07, 6.45) is 2.04. The summed E-state index contributed by atoms with van der Waals surface area (Å²) in [5, 5.41) is 0. The lowest BCUT2D eigenvalue weighted by Gasteiger charge is -1.99. The molecule has 0 saturated heterocycles. The minimum Gasteiger partial charge on any atom is -0.286 e. The lowest BCUT2D eigenvalue weighted by Crippen LogP contribution is -2.03. The number of benzene rings is 1. The van der Waals surface area contributed by atoms with Crippen molar-refractivity contribution in [3.05, 3.63) is 35.9 Å². The molecule has 0 aliphatic rings. The Labute approximate surface area is 84.5 Å². The van der Waals surface area contributed by atoms with Gasteiger partial charge in [-0.25, -0.2) is 0 Å². The topological polar surface area (TPSA) is 54.4 Å². The fourth-order valence-corrected chi connectivity index (χ4v) is 1.75. The standard InChI is InChI=1S/C10H13O3S/c11-14(12,13)9-5-4-8-10-6-2-1-3-7-10/h1-3,6H,4-5,8-9H2,(H,11,12,13). The van der Waals surface area contributed by atoms with E-state index in [1.165, 1.54) is 0 Å². The molecule has 1 N–H and O–H groups in total. The van der Waals surface area contributed by atoms with Crippen LogP contribution in [0.1, 0.15) is 18.4 Å². The van der Waals surface area contributed by atoms with Crippen molar-refractivity contribution in [2.24, 2.45) is 0 Å². The molecule has 0 saturated carbocycles. The monoisotopic (exact) mass is 213 g/mol. The van der Waals surface area contributed by atoms with Gasteiger partial charge in [-0.05, 0) is 30.9 Å². The summed E-state index contributed by atoms with van der Waals surface area (Å²) in [7, 11) is -3.79. The van der Waals surface area contributed by atoms with Gasteiger partial charge in [0.2, 0.25) is 0 Å². The molecule has 1 radical (unpaired) electrons. The molecular weight excluding hydrogens is 200 g/mol. The highest BCUT2D eigenvalue weighted by molar-refractivity contribution is 7.85. The highest BCUT2D eigenvalue weighted by atomic mass is 32.2. The molecule has 0 spiro atoms. The molecule has 0 heterocycles. The van der Waals surface area contributed by atoms with Crippen LogP contribution in [0.25, 0.3) is 0 Å². The lowest BCUT2D eigenvalue weighted by atomic mass is 10.1. The van der Waals surface area contributed by atoms with Gasteiger partial charge in [-0.3, -0.25) is 4.55 Å². The Morgan fingerprint density at radius 1 is 1.29 bits per heavy atom. The molecule has 0 unspecified atom stereocenters. The first kappa shape index (κ1) is 11.2. The number of unbranched alkanes of at least 4 members (excludes halogenated alkanes) is 1. The minimum atomic E-state index is -3.79. The van der Waals surface area contributed by atoms with Gasteiger partial charge in [0.1, 0.15) is 0 Å². The van der Waals surface area contributed by atoms with E-state index in [1.54, 1.807) is 0 Å². The maximum Gasteiger partial charge on any atom is 0.264 e. The fourth-order valence-electron chi connectivity index (χ4n) is 1.19. The zero-order valence-corrected chi connectivity index (χ0v) is 8.63. The third-order valence-corrected chi connectivity index (χ3v) is 2.68. The van der Waals surface area contributed by atoms with Crippen LogP contribution in [0.5, 0.6) is 0 Å². The average molecular weight is 213 g/mol. The van der Waals surface area contributed by atoms with Crippen molar-refractivity contribution in [2.45, 2.75) is 19.3 Å². The number of hydrogen-bond donors (Lipinski definition) is 1. The third kappa shape index (κ3) is 4.99. The van der Waals surface area contributed by atoms with Crippen LogP contribution in [-0.2, 0) is 16.5 Å². The lowest BCUT2D eigenvalue weighted by molar-refractivity contribution is 0.480. The highest BCUT2D eigenvalue weighted by Crippen LogP contribution is 2.04. The van der Waals surface area contributed by atoms with Crippen molar-refractivity contribution in [3.8, 4) is 0 Å². The highest BCUT2D eigenvalue weighted by Gasteiger charge is 2.03. The van der Waals surface area contributed by atoms with Gasteiger partial charge in [0.15, 0.2) is 0 Å². The van der Waals surface area contributed by atoms with E-state index < -0.39 is 10.1 Å². The SMILES string of the molecule is O=S(=O)(O)CCCCc1[c]cccc1. The van der Waals surface area contributed by atoms with Crippen LogP contribution in [0.2, 0.25) is 0 Å². The minimum absolute atomic E-state index is 0.153. The first-order chi connectivity index (χ1) is 6.58. The third-order valence-electron chi connectivity index (χ3n) is 1.87. The van der Waals surface area contributed by atoms with Crippen molar-refractivity contribution >= 4 is 10.1 Å². The molecule has 0 aromatic heterocycles. The van der Waals surface area contributed by atoms with Crippen LogP contribution in [0.15, 0.2) is 24.3 Å². The molecule has 0 aliphatic carbocycles. The maximum atomic E-state index is 10.4. The van der Waals surface area contributed by atoms with Crippen molar-refractivity contribution in [2.75, 3.05) is 5.75 Å². The summed E-state index contributed by atoms with van der Waals surface area (Å²) in [6, 6.07) is 10.7. The van der Waals surface area contributed by atoms with E-state index in [9.17, 15) is 8.42 Å². The van der Waals surface area contributed by atoms with Gasteiger partial charge in [-0.1, -0.05) is 24.3 Å². The zero-order chi connectivity index (χ0) is 10.4. The summed E-state index contributed by atoms with van der Waals surface area (Å²) in [4.78, 5) is 0. The van der Waals surface area contributed by atoms with Gasteiger partial charge in [0.05, 0.1) is 5.75 Å². The second-order valence-corrected chi connectivity index (χ2v) is 4.70. The van der Waals surface area contributed by atoms with Crippen molar-refractivity contribution in [1.82, 2.24) is 0 Å². The molecule has 1 aromatic rings. The largest absolute Gasteiger partial charge is 0.286 e. The van der Waals surface area contributed by atoms with Crippen LogP contribution in [0.4, 0.5) is 0 Å². The molecule has 0 bridgehead atoms. The van der Waals surface area contributed by atoms with Gasteiger partial charge in [-0.2, -0.15) is 8.42 Å². The number of hydrogen-bond acceptors (Lipinski definition) is 2. The number of aryl methyl sites for hydroxylation is 1. The van der Waals surface area contributed by atoms with Gasteiger partial charge in [0.25, 0.3) is 10.1 Å². The number of rotatable bonds is 5. The van der Waals surface area contributed by atoms with Crippen LogP contribution >= 0.6 is 0 Å². The average Bonchev–Trinajstić information content (AvgIpc) is 2.13. The molecule has 77 valence electrons. The van der Waals surface area contributed by atoms with Gasteiger partial charge in [-0.15, -0.1) is 0 Å². The zero-order valence-electron chi connectivity index (χ0n) is 7.81. The Morgan fingerprint density at radius 2 is 2.07 bits per heavy atom. The van der Waals surface area contributed by atoms with Crippen LogP contribution in [0, 0.1) is 6.07 Å². The van der Waals surface area contributed by atoms with E-state index in [0.29, 0.717) is 6.42 Å². The second kappa shape index (κ2) is 5.12. The first-order valence-electron chi connectivity index (χ1n) is 4.49. The summed E-state index contributed by atoms with van der Waals surface area (Å²) >= 11 is 0. The van der Waals surface area contributed by atoms with E-state index in [0.717, 1.165) is 18.4 Å². The van der Waals surface area contributed by atoms with Crippen LogP contribution < -0.4 is 0 Å². The molecule has 1 aromatic carbocycles. The summed E-state index contributed by atoms with van der Waals surface area (Å²) < 4.78 is 29.3. The smallest absolute Gasteiger partial charge is 0.264 e. The maximum absolute atomic E-state index is 10.4. The van der Waals surface area contributed by atoms with Gasteiger partial charge >= 0.3 is 0 Å². The molecular formula is C10H13O3S. The summed E-state index contributed by atoms with van der Waals surface area (Å²) in [5.41, 5.74) is 1.07. The molecule has 4 heteroatoms. The van der Waals surface area contributed by atoms with Crippen LogP contribution in [0.3, 0.4) is 0 Å². The van der Waals surface area contributed by atoms with Crippen molar-refractivity contribution in [1.29, 1.82) is 0 Å². The Balaban J connectivity index is 2.23. The van der Waals surface area contributed by atoms with E-state index in [2.05, 4.69) is 6.07 Å². The molecule has 0 fully saturated rings. The quantitative estimate of drug-likeness (QED) is 0.598. The Bertz CT molecular complexity index is 356. The predicted molar refractivity (Wildman–Crippen MR) is 54.6 cm³/mol. The molecule has 3 nitrogen and oxygen atoms in total. The molecule has 0 amide bonds. The van der Waals surface area contributed by atoms with Gasteiger partial charge < -0.3 is 0 Å². The molecule has 14 heavy (non-hydrogen) atoms. The van der Waals surface area contributed by atoms with E-state index in [1.807, 2.05) is 24.3 Å². The Morgan fingerprint density at radius 3 is 2.64 bits per heavy atom. The van der Waals surface area contributed by atoms with Crippen molar-refractivity contribution in [3.63, 3.8) is 0 Å². The molecule has 1 rings (SSSR count). The van der Waals surface area contributed by atoms with E-state index in [4.69, 9.17) is 4.55 Å². The first-order valence-corrected chi connectivity index (χ1v) is 6.09. The molecule has 0 atom stereocenters. The van der Waals surface area contributed by atoms with E-state index in [-0.39, 0.29) is 5.75 Å². The van der Waals surface area contributed by atoms with Crippen LogP contribution in [-0.4, -0.2) is 18.7 Å². The van der Waals surface area contributed by atoms with Crippen molar-refractivity contribution < 1.29 is 13.0 Å². The summed E-state index contributed by atoms with van der Waals surface area (Å²) in [6.45, 7) is 0. The van der Waals surface area contributed by atoms with E-state index >= 15 is 0 Å². The summed E-state index contributed by atoms with van der Waals surface area (Å²) in [5.74, 6) is -0.153. The Kier molecular flexibility index (Phi) is 4.10. The van der Waals surface area contributed by atoms with Gasteiger partial charge in [0, 0.05) is 0 Å². The normalized spacial score (nSPS) is 11.5. The molecule has 0 aliphatic heterocycles. The Hall–Kier alpha value is -0.870. The predicted octanol–water partition coefficient (Wildman–Crippen LogP) is 1.70. The fraction of sp³-hybridized carbons (Fsp3) is 0.400. The second-order valence-electron chi connectivity index (χ2n) is 3.13.